The van der Waals surface area contributed by atoms with E-state index in [0.29, 0.717) is 0 Å². The number of anilines is 1. The number of halogens is 1. The number of hydrogen-bond acceptors (Lipinski definition) is 4. The van der Waals surface area contributed by atoms with Gasteiger partial charge in [-0.1, -0.05) is 48.7 Å². The average molecular weight is 428 g/mol. The number of benzene rings is 2. The minimum absolute atomic E-state index is 0.0174. The Morgan fingerprint density at radius 1 is 1.00 bits per heavy atom. The van der Waals surface area contributed by atoms with Crippen molar-refractivity contribution < 1.29 is 9.53 Å². The molecule has 0 unspecified atom stereocenters. The molecule has 0 spiro atoms. The molecule has 2 N–H and O–H groups in total. The molecule has 2 aromatic rings. The highest BCUT2D eigenvalue weighted by molar-refractivity contribution is 6.30. The van der Waals surface area contributed by atoms with Gasteiger partial charge >= 0.3 is 0 Å². The molecule has 1 saturated heterocycles. The number of rotatable bonds is 7. The molecule has 4 rings (SSSR count). The number of carbonyl (C=O) groups excluding carboxylic acids is 1. The smallest absolute Gasteiger partial charge is 0.238 e. The number of ether oxygens (including phenoxy) is 1. The summed E-state index contributed by atoms with van der Waals surface area (Å²) in [7, 11) is 0. The van der Waals surface area contributed by atoms with Crippen LogP contribution in [0.25, 0.3) is 0 Å². The van der Waals surface area contributed by atoms with Gasteiger partial charge in [0.05, 0.1) is 19.8 Å². The SMILES string of the molecule is O=C(CNC1(c2ccc(Cl)cc2)CCCC1)Nc1ccc(CN2CCOCC2)cc1. The summed E-state index contributed by atoms with van der Waals surface area (Å²) in [5.74, 6) is -0.0174. The summed E-state index contributed by atoms with van der Waals surface area (Å²) in [6.45, 7) is 4.76. The molecule has 0 radical (unpaired) electrons. The predicted octanol–water partition coefficient (Wildman–Crippen LogP) is 4.17. The van der Waals surface area contributed by atoms with Crippen LogP contribution in [0.4, 0.5) is 5.69 Å². The zero-order valence-corrected chi connectivity index (χ0v) is 18.1. The molecule has 1 aliphatic heterocycles. The van der Waals surface area contributed by atoms with Crippen LogP contribution < -0.4 is 10.6 Å². The first-order valence-corrected chi connectivity index (χ1v) is 11.2. The summed E-state index contributed by atoms with van der Waals surface area (Å²) in [5.41, 5.74) is 3.16. The van der Waals surface area contributed by atoms with Crippen LogP contribution in [0.3, 0.4) is 0 Å². The molecule has 2 aliphatic rings. The van der Waals surface area contributed by atoms with Gasteiger partial charge in [0, 0.05) is 35.9 Å². The first kappa shape index (κ1) is 21.3. The van der Waals surface area contributed by atoms with Gasteiger partial charge in [0.25, 0.3) is 0 Å². The Morgan fingerprint density at radius 3 is 2.33 bits per heavy atom. The summed E-state index contributed by atoms with van der Waals surface area (Å²) in [6, 6.07) is 16.2. The number of carbonyl (C=O) groups is 1. The molecular formula is C24H30ClN3O2. The van der Waals surface area contributed by atoms with Crippen LogP contribution in [0.1, 0.15) is 36.8 Å². The van der Waals surface area contributed by atoms with Gasteiger partial charge in [-0.25, -0.2) is 0 Å². The number of nitrogens with one attached hydrogen (secondary N) is 2. The minimum atomic E-state index is -0.135. The van der Waals surface area contributed by atoms with Crippen molar-refractivity contribution in [1.29, 1.82) is 0 Å². The van der Waals surface area contributed by atoms with E-state index in [4.69, 9.17) is 16.3 Å². The van der Waals surface area contributed by atoms with Crippen LogP contribution in [0.15, 0.2) is 48.5 Å². The first-order valence-electron chi connectivity index (χ1n) is 10.8. The summed E-state index contributed by atoms with van der Waals surface area (Å²) in [4.78, 5) is 15.0. The van der Waals surface area contributed by atoms with E-state index in [1.165, 1.54) is 24.0 Å². The van der Waals surface area contributed by atoms with Gasteiger partial charge in [0.15, 0.2) is 0 Å². The Morgan fingerprint density at radius 2 is 1.67 bits per heavy atom. The van der Waals surface area contributed by atoms with Crippen LogP contribution in [0, 0.1) is 0 Å². The molecule has 5 nitrogen and oxygen atoms in total. The maximum Gasteiger partial charge on any atom is 0.238 e. The molecule has 160 valence electrons. The number of amides is 1. The minimum Gasteiger partial charge on any atom is -0.379 e. The Kier molecular flexibility index (Phi) is 7.05. The highest BCUT2D eigenvalue weighted by Gasteiger charge is 2.35. The number of nitrogens with zero attached hydrogens (tertiary/aromatic N) is 1. The second kappa shape index (κ2) is 9.92. The highest BCUT2D eigenvalue weighted by atomic mass is 35.5. The van der Waals surface area contributed by atoms with E-state index < -0.39 is 0 Å². The fourth-order valence-electron chi connectivity index (χ4n) is 4.48. The predicted molar refractivity (Wildman–Crippen MR) is 121 cm³/mol. The maximum atomic E-state index is 12.6. The van der Waals surface area contributed by atoms with E-state index in [9.17, 15) is 4.79 Å². The lowest BCUT2D eigenvalue weighted by Gasteiger charge is -2.31. The first-order chi connectivity index (χ1) is 14.6. The van der Waals surface area contributed by atoms with E-state index in [1.54, 1.807) is 0 Å². The third-order valence-electron chi connectivity index (χ3n) is 6.19. The molecule has 30 heavy (non-hydrogen) atoms. The van der Waals surface area contributed by atoms with Gasteiger partial charge in [-0.2, -0.15) is 0 Å². The lowest BCUT2D eigenvalue weighted by atomic mass is 9.88. The molecular weight excluding hydrogens is 398 g/mol. The standard InChI is InChI=1S/C24H30ClN3O2/c25-21-7-5-20(6-8-21)24(11-1-2-12-24)26-17-23(29)27-22-9-3-19(4-10-22)18-28-13-15-30-16-14-28/h3-10,26H,1-2,11-18H2,(H,27,29). The van der Waals surface area contributed by atoms with Gasteiger partial charge in [-0.05, 0) is 48.2 Å². The molecule has 2 fully saturated rings. The summed E-state index contributed by atoms with van der Waals surface area (Å²) in [5, 5.41) is 7.30. The van der Waals surface area contributed by atoms with Crippen LogP contribution in [-0.2, 0) is 21.6 Å². The van der Waals surface area contributed by atoms with Crippen molar-refractivity contribution in [1.82, 2.24) is 10.2 Å². The lowest BCUT2D eigenvalue weighted by molar-refractivity contribution is -0.115. The van der Waals surface area contributed by atoms with Crippen molar-refractivity contribution in [3.63, 3.8) is 0 Å². The molecule has 1 saturated carbocycles. The van der Waals surface area contributed by atoms with E-state index in [0.717, 1.165) is 56.4 Å². The molecule has 1 amide bonds. The highest BCUT2D eigenvalue weighted by Crippen LogP contribution is 2.39. The fourth-order valence-corrected chi connectivity index (χ4v) is 4.61. The van der Waals surface area contributed by atoms with Crippen LogP contribution in [-0.4, -0.2) is 43.7 Å². The largest absolute Gasteiger partial charge is 0.379 e. The van der Waals surface area contributed by atoms with Crippen molar-refractivity contribution in [2.45, 2.75) is 37.8 Å². The third-order valence-corrected chi connectivity index (χ3v) is 6.44. The normalized spacial score (nSPS) is 19.0. The molecule has 0 aromatic heterocycles. The van der Waals surface area contributed by atoms with Crippen LogP contribution in [0.5, 0.6) is 0 Å². The third kappa shape index (κ3) is 5.41. The fraction of sp³-hybridized carbons (Fsp3) is 0.458. The van der Waals surface area contributed by atoms with Crippen molar-refractivity contribution in [2.24, 2.45) is 0 Å². The topological polar surface area (TPSA) is 53.6 Å². The molecule has 6 heteroatoms. The van der Waals surface area contributed by atoms with Gasteiger partial charge in [0.2, 0.25) is 5.91 Å². The van der Waals surface area contributed by atoms with Crippen molar-refractivity contribution >= 4 is 23.2 Å². The summed E-state index contributed by atoms with van der Waals surface area (Å²) < 4.78 is 5.40. The van der Waals surface area contributed by atoms with Crippen LogP contribution >= 0.6 is 11.6 Å². The summed E-state index contributed by atoms with van der Waals surface area (Å²) >= 11 is 6.05. The molecule has 0 bridgehead atoms. The Balaban J connectivity index is 1.31. The number of morpholine rings is 1. The van der Waals surface area contributed by atoms with Gasteiger partial charge in [-0.15, -0.1) is 0 Å². The molecule has 2 aromatic carbocycles. The van der Waals surface area contributed by atoms with E-state index in [-0.39, 0.29) is 18.0 Å². The zero-order valence-electron chi connectivity index (χ0n) is 17.3. The van der Waals surface area contributed by atoms with Gasteiger partial charge < -0.3 is 10.1 Å². The van der Waals surface area contributed by atoms with Gasteiger partial charge in [-0.3, -0.25) is 15.0 Å². The van der Waals surface area contributed by atoms with Gasteiger partial charge in [0.1, 0.15) is 0 Å². The lowest BCUT2D eigenvalue weighted by Crippen LogP contribution is -2.44. The quantitative estimate of drug-likeness (QED) is 0.696. The van der Waals surface area contributed by atoms with Crippen molar-refractivity contribution in [3.05, 3.63) is 64.7 Å². The Bertz CT molecular complexity index is 827. The summed E-state index contributed by atoms with van der Waals surface area (Å²) in [6.07, 6.45) is 4.42. The second-order valence-electron chi connectivity index (χ2n) is 8.28. The van der Waals surface area contributed by atoms with E-state index in [2.05, 4.69) is 39.8 Å². The number of hydrogen-bond donors (Lipinski definition) is 2. The van der Waals surface area contributed by atoms with E-state index in [1.807, 2.05) is 24.3 Å². The Labute approximate surface area is 183 Å². The van der Waals surface area contributed by atoms with Crippen LogP contribution in [0.2, 0.25) is 5.02 Å². The second-order valence-corrected chi connectivity index (χ2v) is 8.72. The molecule has 1 aliphatic carbocycles. The molecule has 0 atom stereocenters. The van der Waals surface area contributed by atoms with E-state index >= 15 is 0 Å². The maximum absolute atomic E-state index is 12.6. The average Bonchev–Trinajstić information content (AvgIpc) is 3.25. The van der Waals surface area contributed by atoms with Crippen molar-refractivity contribution in [3.8, 4) is 0 Å². The Hall–Kier alpha value is -1.92. The van der Waals surface area contributed by atoms with Crippen molar-refractivity contribution in [2.75, 3.05) is 38.2 Å². The zero-order chi connectivity index (χ0) is 20.8. The molecule has 1 heterocycles. The monoisotopic (exact) mass is 427 g/mol.